The normalized spacial score (nSPS) is 12.1. The van der Waals surface area contributed by atoms with Crippen LogP contribution in [0.5, 0.6) is 0 Å². The molecule has 0 aliphatic carbocycles. The number of fused-ring (bicyclic) bond motifs is 15. The number of rotatable bonds is 3. The molecule has 0 unspecified atom stereocenters. The highest BCUT2D eigenvalue weighted by molar-refractivity contribution is 7.27. The molecule has 58 heavy (non-hydrogen) atoms. The van der Waals surface area contributed by atoms with Crippen molar-refractivity contribution in [1.82, 2.24) is 15.0 Å². The second-order valence-electron chi connectivity index (χ2n) is 15.1. The quantitative estimate of drug-likeness (QED) is 0.169. The van der Waals surface area contributed by atoms with Crippen LogP contribution in [-0.2, 0) is 0 Å². The molecule has 5 heteroatoms. The highest BCUT2D eigenvalue weighted by atomic mass is 32.1. The molecule has 0 aliphatic heterocycles. The molecule has 0 spiro atoms. The van der Waals surface area contributed by atoms with Crippen molar-refractivity contribution in [2.75, 3.05) is 0 Å². The number of hydrogen-bond acceptors (Lipinski definition) is 5. The second kappa shape index (κ2) is 12.0. The Morgan fingerprint density at radius 3 is 1.74 bits per heavy atom. The summed E-state index contributed by atoms with van der Waals surface area (Å²) < 4.78 is 9.05. The minimum absolute atomic E-state index is 0.569. The third-order valence-corrected chi connectivity index (χ3v) is 13.0. The maximum atomic E-state index is 6.59. The molecule has 3 aromatic heterocycles. The molecular formula is C53H29N3OS. The molecule has 0 amide bonds. The molecule has 0 saturated heterocycles. The summed E-state index contributed by atoms with van der Waals surface area (Å²) in [5.74, 6) is 1.80. The Morgan fingerprint density at radius 1 is 0.362 bits per heavy atom. The average Bonchev–Trinajstić information content (AvgIpc) is 3.86. The second-order valence-corrected chi connectivity index (χ2v) is 16.1. The summed E-state index contributed by atoms with van der Waals surface area (Å²) in [5, 5.41) is 16.5. The summed E-state index contributed by atoms with van der Waals surface area (Å²) >= 11 is 1.86. The molecule has 0 atom stereocenters. The van der Waals surface area contributed by atoms with E-state index in [1.807, 2.05) is 23.5 Å². The maximum Gasteiger partial charge on any atom is 0.167 e. The highest BCUT2D eigenvalue weighted by Crippen LogP contribution is 2.49. The molecule has 3 heterocycles. The SMILES string of the molecule is c1ccc2cc(-c3nc(-c4cccc5c4oc4ccccc45)nc(-c4cc5c6ccccc6c6ccccc6c5c5sc6cc7ccccc7cc6c45)n3)ccc2c1. The van der Waals surface area contributed by atoms with E-state index in [-0.39, 0.29) is 0 Å². The molecule has 13 rings (SSSR count). The number of para-hydroxylation sites is 2. The topological polar surface area (TPSA) is 51.8 Å². The Bertz CT molecular complexity index is 3880. The largest absolute Gasteiger partial charge is 0.455 e. The van der Waals surface area contributed by atoms with E-state index in [4.69, 9.17) is 19.4 Å². The van der Waals surface area contributed by atoms with Gasteiger partial charge in [-0.2, -0.15) is 0 Å². The lowest BCUT2D eigenvalue weighted by molar-refractivity contribution is 0.669. The van der Waals surface area contributed by atoms with Crippen LogP contribution >= 0.6 is 11.3 Å². The summed E-state index contributed by atoms with van der Waals surface area (Å²) in [6.45, 7) is 0. The van der Waals surface area contributed by atoms with Crippen LogP contribution in [0.3, 0.4) is 0 Å². The first-order chi connectivity index (χ1) is 28.7. The Balaban J connectivity index is 1.20. The Kier molecular flexibility index (Phi) is 6.57. The van der Waals surface area contributed by atoms with Crippen molar-refractivity contribution in [3.05, 3.63) is 176 Å². The third kappa shape index (κ3) is 4.59. The predicted molar refractivity (Wildman–Crippen MR) is 244 cm³/mol. The lowest BCUT2D eigenvalue weighted by Crippen LogP contribution is -2.01. The zero-order chi connectivity index (χ0) is 37.9. The first-order valence-electron chi connectivity index (χ1n) is 19.5. The zero-order valence-corrected chi connectivity index (χ0v) is 31.7. The van der Waals surface area contributed by atoms with E-state index in [1.54, 1.807) is 0 Å². The molecule has 0 fully saturated rings. The Hall–Kier alpha value is -7.47. The van der Waals surface area contributed by atoms with Gasteiger partial charge in [0.15, 0.2) is 17.5 Å². The number of nitrogens with zero attached hydrogens (tertiary/aromatic N) is 3. The van der Waals surface area contributed by atoms with Crippen molar-refractivity contribution in [3.8, 4) is 34.2 Å². The van der Waals surface area contributed by atoms with Gasteiger partial charge in [0, 0.05) is 47.5 Å². The molecular weight excluding hydrogens is 727 g/mol. The lowest BCUT2D eigenvalue weighted by Gasteiger charge is -2.15. The minimum Gasteiger partial charge on any atom is -0.455 e. The van der Waals surface area contributed by atoms with E-state index < -0.39 is 0 Å². The van der Waals surface area contributed by atoms with Gasteiger partial charge in [-0.05, 0) is 84.9 Å². The summed E-state index contributed by atoms with van der Waals surface area (Å²) in [4.78, 5) is 16.2. The van der Waals surface area contributed by atoms with E-state index in [9.17, 15) is 0 Å². The van der Waals surface area contributed by atoms with Crippen LogP contribution in [0.4, 0.5) is 0 Å². The highest BCUT2D eigenvalue weighted by Gasteiger charge is 2.23. The monoisotopic (exact) mass is 755 g/mol. The van der Waals surface area contributed by atoms with Crippen LogP contribution in [0.2, 0.25) is 0 Å². The molecule has 13 aromatic rings. The smallest absolute Gasteiger partial charge is 0.167 e. The van der Waals surface area contributed by atoms with Crippen LogP contribution in [0, 0.1) is 0 Å². The fourth-order valence-electron chi connectivity index (χ4n) is 9.18. The number of hydrogen-bond donors (Lipinski definition) is 0. The van der Waals surface area contributed by atoms with Crippen molar-refractivity contribution in [2.24, 2.45) is 0 Å². The fourth-order valence-corrected chi connectivity index (χ4v) is 10.5. The van der Waals surface area contributed by atoms with Gasteiger partial charge in [0.25, 0.3) is 0 Å². The van der Waals surface area contributed by atoms with E-state index in [1.165, 1.54) is 63.3 Å². The molecule has 0 aliphatic rings. The van der Waals surface area contributed by atoms with Gasteiger partial charge in [0.1, 0.15) is 11.2 Å². The van der Waals surface area contributed by atoms with Crippen LogP contribution < -0.4 is 0 Å². The Morgan fingerprint density at radius 2 is 0.948 bits per heavy atom. The van der Waals surface area contributed by atoms with Gasteiger partial charge in [-0.3, -0.25) is 0 Å². The van der Waals surface area contributed by atoms with Crippen LogP contribution in [0.15, 0.2) is 180 Å². The Labute approximate surface area is 335 Å². The van der Waals surface area contributed by atoms with Gasteiger partial charge in [-0.15, -0.1) is 11.3 Å². The number of furan rings is 1. The summed E-state index contributed by atoms with van der Waals surface area (Å²) in [6, 6.07) is 62.6. The maximum absolute atomic E-state index is 6.59. The summed E-state index contributed by atoms with van der Waals surface area (Å²) in [6.07, 6.45) is 0. The molecule has 0 bridgehead atoms. The summed E-state index contributed by atoms with van der Waals surface area (Å²) in [5.41, 5.74) is 4.33. The predicted octanol–water partition coefficient (Wildman–Crippen LogP) is 14.9. The van der Waals surface area contributed by atoms with Crippen molar-refractivity contribution in [3.63, 3.8) is 0 Å². The number of thiophene rings is 1. The zero-order valence-electron chi connectivity index (χ0n) is 30.9. The first kappa shape index (κ1) is 31.7. The van der Waals surface area contributed by atoms with Gasteiger partial charge in [0.2, 0.25) is 0 Å². The van der Waals surface area contributed by atoms with Crippen molar-refractivity contribution >= 4 is 107 Å². The standard InChI is InChI=1S/C53H29N3OS/c1-2-13-31-26-34(25-24-30(31)12-1)51-54-52(41-22-11-21-40-38-19-9-10-23-45(38)57-49(40)41)56-53(55-51)44-29-42-37-18-6-5-16-35(37)36-17-7-8-20-39(36)47(42)50-48(44)43-27-32-14-3-4-15-33(32)28-46(43)58-50/h1-29H. The number of aromatic nitrogens is 3. The van der Waals surface area contributed by atoms with E-state index in [2.05, 4.69) is 164 Å². The van der Waals surface area contributed by atoms with Gasteiger partial charge >= 0.3 is 0 Å². The average molecular weight is 756 g/mol. The van der Waals surface area contributed by atoms with Gasteiger partial charge in [-0.1, -0.05) is 140 Å². The van der Waals surface area contributed by atoms with Crippen LogP contribution in [0.25, 0.3) is 130 Å². The van der Waals surface area contributed by atoms with Crippen molar-refractivity contribution < 1.29 is 4.42 Å². The van der Waals surface area contributed by atoms with E-state index >= 15 is 0 Å². The number of benzene rings is 10. The fraction of sp³-hybridized carbons (Fsp3) is 0. The van der Waals surface area contributed by atoms with Gasteiger partial charge < -0.3 is 4.42 Å². The molecule has 10 aromatic carbocycles. The van der Waals surface area contributed by atoms with Crippen molar-refractivity contribution in [1.29, 1.82) is 0 Å². The lowest BCUT2D eigenvalue weighted by atomic mass is 9.91. The van der Waals surface area contributed by atoms with E-state index in [0.717, 1.165) is 49.4 Å². The molecule has 268 valence electrons. The summed E-state index contributed by atoms with van der Waals surface area (Å²) in [7, 11) is 0. The third-order valence-electron chi connectivity index (χ3n) is 11.8. The van der Waals surface area contributed by atoms with Crippen LogP contribution in [0.1, 0.15) is 0 Å². The first-order valence-corrected chi connectivity index (χ1v) is 20.3. The van der Waals surface area contributed by atoms with Crippen molar-refractivity contribution in [2.45, 2.75) is 0 Å². The molecule has 0 N–H and O–H groups in total. The molecule has 0 radical (unpaired) electrons. The van der Waals surface area contributed by atoms with Gasteiger partial charge in [0.05, 0.1) is 5.56 Å². The van der Waals surface area contributed by atoms with E-state index in [0.29, 0.717) is 17.5 Å². The van der Waals surface area contributed by atoms with Crippen LogP contribution in [-0.4, -0.2) is 15.0 Å². The molecule has 0 saturated carbocycles. The molecule has 4 nitrogen and oxygen atoms in total. The minimum atomic E-state index is 0.569. The van der Waals surface area contributed by atoms with Gasteiger partial charge in [-0.25, -0.2) is 15.0 Å².